The molecule has 8 heteroatoms. The molecular weight excluding hydrogens is 319 g/mol. The van der Waals surface area contributed by atoms with Crippen LogP contribution in [0.5, 0.6) is 0 Å². The van der Waals surface area contributed by atoms with E-state index in [0.717, 1.165) is 6.07 Å². The summed E-state index contributed by atoms with van der Waals surface area (Å²) in [6.45, 7) is 0.221. The maximum absolute atomic E-state index is 13.3. The van der Waals surface area contributed by atoms with Crippen molar-refractivity contribution in [3.8, 4) is 0 Å². The number of halogens is 4. The van der Waals surface area contributed by atoms with Gasteiger partial charge in [-0.3, -0.25) is 0 Å². The minimum absolute atomic E-state index is 0.0216. The first-order chi connectivity index (χ1) is 10.4. The van der Waals surface area contributed by atoms with E-state index in [2.05, 4.69) is 9.97 Å². The quantitative estimate of drug-likeness (QED) is 0.853. The first kappa shape index (κ1) is 15.6. The van der Waals surface area contributed by atoms with Crippen LogP contribution in [-0.2, 0) is 12.7 Å². The highest BCUT2D eigenvalue weighted by atomic mass is 35.5. The minimum Gasteiger partial charge on any atom is -0.393 e. The highest BCUT2D eigenvalue weighted by Crippen LogP contribution is 2.37. The number of hydrogen-bond donors (Lipinski definition) is 1. The molecule has 1 aliphatic carbocycles. The Morgan fingerprint density at radius 2 is 1.91 bits per heavy atom. The summed E-state index contributed by atoms with van der Waals surface area (Å²) in [5.74, 6) is 0.0915. The first-order valence-electron chi connectivity index (χ1n) is 7.11. The number of rotatable bonds is 2. The van der Waals surface area contributed by atoms with Crippen molar-refractivity contribution in [3.63, 3.8) is 0 Å². The van der Waals surface area contributed by atoms with Gasteiger partial charge in [-0.1, -0.05) is 11.6 Å². The van der Waals surface area contributed by atoms with Gasteiger partial charge in [-0.15, -0.1) is 0 Å². The summed E-state index contributed by atoms with van der Waals surface area (Å²) in [4.78, 5) is 7.72. The van der Waals surface area contributed by atoms with E-state index < -0.39 is 11.9 Å². The van der Waals surface area contributed by atoms with Crippen molar-refractivity contribution in [2.24, 2.45) is 5.92 Å². The fourth-order valence-electron chi connectivity index (χ4n) is 3.04. The molecule has 1 fully saturated rings. The predicted molar refractivity (Wildman–Crippen MR) is 75.5 cm³/mol. The second-order valence-electron chi connectivity index (χ2n) is 5.71. The highest BCUT2D eigenvalue weighted by molar-refractivity contribution is 6.33. The molecule has 22 heavy (non-hydrogen) atoms. The van der Waals surface area contributed by atoms with Crippen LogP contribution in [0.4, 0.5) is 13.2 Å². The lowest BCUT2D eigenvalue weighted by Gasteiger charge is -2.26. The summed E-state index contributed by atoms with van der Waals surface area (Å²) in [5, 5.41) is 9.76. The Bertz CT molecular complexity index is 678. The van der Waals surface area contributed by atoms with Gasteiger partial charge < -0.3 is 9.67 Å². The molecule has 0 unspecified atom stereocenters. The van der Waals surface area contributed by atoms with E-state index in [1.807, 2.05) is 0 Å². The highest BCUT2D eigenvalue weighted by Gasteiger charge is 2.37. The molecule has 0 aliphatic heterocycles. The lowest BCUT2D eigenvalue weighted by atomic mass is 9.87. The number of aromatic nitrogens is 3. The van der Waals surface area contributed by atoms with Crippen LogP contribution >= 0.6 is 11.6 Å². The van der Waals surface area contributed by atoms with Gasteiger partial charge in [-0.05, 0) is 37.7 Å². The van der Waals surface area contributed by atoms with E-state index >= 15 is 0 Å². The van der Waals surface area contributed by atoms with Crippen molar-refractivity contribution >= 4 is 22.6 Å². The molecule has 4 nitrogen and oxygen atoms in total. The van der Waals surface area contributed by atoms with E-state index in [9.17, 15) is 18.3 Å². The molecule has 1 aliphatic rings. The molecule has 0 bridgehead atoms. The van der Waals surface area contributed by atoms with E-state index in [-0.39, 0.29) is 34.8 Å². The van der Waals surface area contributed by atoms with Crippen LogP contribution in [0.1, 0.15) is 31.4 Å². The van der Waals surface area contributed by atoms with E-state index in [0.29, 0.717) is 25.7 Å². The van der Waals surface area contributed by atoms with Crippen LogP contribution in [0, 0.1) is 5.92 Å². The van der Waals surface area contributed by atoms with Crippen LogP contribution in [0.25, 0.3) is 11.0 Å². The molecule has 2 heterocycles. The maximum Gasteiger partial charge on any atom is 0.431 e. The molecule has 1 N–H and O–H groups in total. The van der Waals surface area contributed by atoms with Crippen LogP contribution < -0.4 is 0 Å². The molecule has 0 spiro atoms. The fourth-order valence-corrected chi connectivity index (χ4v) is 3.22. The van der Waals surface area contributed by atoms with Gasteiger partial charge in [0.25, 0.3) is 0 Å². The van der Waals surface area contributed by atoms with Gasteiger partial charge >= 0.3 is 6.18 Å². The third kappa shape index (κ3) is 2.92. The van der Waals surface area contributed by atoms with Gasteiger partial charge in [0.05, 0.1) is 11.5 Å². The third-order valence-electron chi connectivity index (χ3n) is 4.19. The smallest absolute Gasteiger partial charge is 0.393 e. The monoisotopic (exact) mass is 333 g/mol. The van der Waals surface area contributed by atoms with E-state index in [1.54, 1.807) is 0 Å². The number of aliphatic hydroxyl groups is 1. The first-order valence-corrected chi connectivity index (χ1v) is 7.49. The average molecular weight is 334 g/mol. The van der Waals surface area contributed by atoms with Crippen molar-refractivity contribution in [3.05, 3.63) is 23.2 Å². The number of alkyl halides is 3. The summed E-state index contributed by atoms with van der Waals surface area (Å²) in [6, 6.07) is 1.01. The minimum atomic E-state index is -4.47. The summed E-state index contributed by atoms with van der Waals surface area (Å²) in [5.41, 5.74) is -0.547. The molecule has 0 atom stereocenters. The van der Waals surface area contributed by atoms with Crippen molar-refractivity contribution in [2.75, 3.05) is 0 Å². The Kier molecular flexibility index (Phi) is 4.03. The zero-order valence-electron chi connectivity index (χ0n) is 11.6. The predicted octanol–water partition coefficient (Wildman–Crippen LogP) is 3.65. The second kappa shape index (κ2) is 5.70. The van der Waals surface area contributed by atoms with Crippen molar-refractivity contribution < 1.29 is 18.3 Å². The third-order valence-corrected chi connectivity index (χ3v) is 4.49. The number of aliphatic hydroxyl groups excluding tert-OH is 1. The van der Waals surface area contributed by atoms with Crippen molar-refractivity contribution in [1.29, 1.82) is 0 Å². The van der Waals surface area contributed by atoms with Gasteiger partial charge in [0.15, 0.2) is 0 Å². The van der Waals surface area contributed by atoms with Crippen LogP contribution in [-0.4, -0.2) is 25.7 Å². The largest absolute Gasteiger partial charge is 0.431 e. The second-order valence-corrected chi connectivity index (χ2v) is 6.07. The number of hydrogen-bond acceptors (Lipinski definition) is 3. The molecular formula is C14H15ClF3N3O. The van der Waals surface area contributed by atoms with E-state index in [4.69, 9.17) is 11.6 Å². The molecule has 0 radical (unpaired) electrons. The SMILES string of the molecule is OC1CCC(Cn2c(C(F)(F)F)cc3c(Cl)ncnc32)CC1. The van der Waals surface area contributed by atoms with Crippen LogP contribution in [0.2, 0.25) is 5.15 Å². The molecule has 3 rings (SSSR count). The van der Waals surface area contributed by atoms with Crippen molar-refractivity contribution in [1.82, 2.24) is 14.5 Å². The molecule has 120 valence electrons. The molecule has 0 saturated heterocycles. The molecule has 0 aromatic carbocycles. The normalized spacial score (nSPS) is 23.1. The van der Waals surface area contributed by atoms with Crippen LogP contribution in [0.3, 0.4) is 0 Å². The molecule has 0 amide bonds. The fraction of sp³-hybridized carbons (Fsp3) is 0.571. The Labute approximate surface area is 129 Å². The summed E-state index contributed by atoms with van der Waals surface area (Å²) < 4.78 is 41.0. The lowest BCUT2D eigenvalue weighted by Crippen LogP contribution is -2.24. The van der Waals surface area contributed by atoms with Gasteiger partial charge in [-0.2, -0.15) is 13.2 Å². The summed E-state index contributed by atoms with van der Waals surface area (Å²) >= 11 is 5.89. The Morgan fingerprint density at radius 3 is 2.55 bits per heavy atom. The zero-order chi connectivity index (χ0) is 15.9. The van der Waals surface area contributed by atoms with E-state index in [1.165, 1.54) is 10.9 Å². The molecule has 2 aromatic heterocycles. The average Bonchev–Trinajstić information content (AvgIpc) is 2.82. The van der Waals surface area contributed by atoms with Crippen LogP contribution in [0.15, 0.2) is 12.4 Å². The Hall–Kier alpha value is -1.34. The van der Waals surface area contributed by atoms with Gasteiger partial charge in [0.2, 0.25) is 0 Å². The molecule has 1 saturated carbocycles. The van der Waals surface area contributed by atoms with Crippen molar-refractivity contribution in [2.45, 2.75) is 44.5 Å². The number of nitrogens with zero attached hydrogens (tertiary/aromatic N) is 3. The lowest BCUT2D eigenvalue weighted by molar-refractivity contribution is -0.143. The molecule has 2 aromatic rings. The van der Waals surface area contributed by atoms with Gasteiger partial charge in [0, 0.05) is 6.54 Å². The maximum atomic E-state index is 13.3. The standard InChI is InChI=1S/C14H15ClF3N3O/c15-12-10-5-11(14(16,17)18)21(13(10)20-7-19-12)6-8-1-3-9(22)4-2-8/h5,7-9,22H,1-4,6H2. The Balaban J connectivity index is 2.01. The topological polar surface area (TPSA) is 50.9 Å². The van der Waals surface area contributed by atoms with Gasteiger partial charge in [-0.25, -0.2) is 9.97 Å². The number of fused-ring (bicyclic) bond motifs is 1. The summed E-state index contributed by atoms with van der Waals surface area (Å²) in [6.07, 6.45) is -0.975. The zero-order valence-corrected chi connectivity index (χ0v) is 12.4. The van der Waals surface area contributed by atoms with Gasteiger partial charge in [0.1, 0.15) is 22.8 Å². The Morgan fingerprint density at radius 1 is 1.23 bits per heavy atom. The summed E-state index contributed by atoms with van der Waals surface area (Å²) in [7, 11) is 0.